The number of aliphatic carboxylic acids is 1. The number of nitrogens with zero attached hydrogens (tertiary/aromatic N) is 3. The zero-order valence-electron chi connectivity index (χ0n) is 36.4. The molecule has 3 aromatic carbocycles. The van der Waals surface area contributed by atoms with E-state index in [-0.39, 0.29) is 64.0 Å². The Kier molecular flexibility index (Phi) is 21.6. The lowest BCUT2D eigenvalue weighted by atomic mass is 10.0. The van der Waals surface area contributed by atoms with Gasteiger partial charge < -0.3 is 42.4 Å². The number of hydrogen-bond donors (Lipinski definition) is 8. The maximum Gasteiger partial charge on any atom is 0.305 e. The fraction of sp³-hybridized carbons (Fsp3) is 0.378. The van der Waals surface area contributed by atoms with Gasteiger partial charge in [0.2, 0.25) is 41.4 Å². The monoisotopic (exact) mass is 946 g/mol. The molecule has 1 aromatic heterocycles. The van der Waals surface area contributed by atoms with Crippen LogP contribution in [0.15, 0.2) is 101 Å². The maximum absolute atomic E-state index is 14.1. The van der Waals surface area contributed by atoms with Gasteiger partial charge in [0.15, 0.2) is 0 Å². The van der Waals surface area contributed by atoms with Crippen LogP contribution >= 0.6 is 23.4 Å². The minimum atomic E-state index is -1.66. The summed E-state index contributed by atoms with van der Waals surface area (Å²) in [6, 6.07) is 19.7. The Morgan fingerprint density at radius 2 is 1.36 bits per heavy atom. The summed E-state index contributed by atoms with van der Waals surface area (Å²) >= 11 is 7.07. The van der Waals surface area contributed by atoms with Gasteiger partial charge in [-0.15, -0.1) is 11.6 Å². The van der Waals surface area contributed by atoms with Gasteiger partial charge in [0, 0.05) is 61.6 Å². The van der Waals surface area contributed by atoms with Crippen molar-refractivity contribution in [2.75, 3.05) is 31.0 Å². The van der Waals surface area contributed by atoms with Crippen LogP contribution in [0.2, 0.25) is 0 Å². The fourth-order valence-electron chi connectivity index (χ4n) is 6.61. The molecule has 0 bridgehead atoms. The van der Waals surface area contributed by atoms with Crippen molar-refractivity contribution in [2.24, 2.45) is 16.1 Å². The molecular formula is C45H55ClN10O9S. The van der Waals surface area contributed by atoms with Crippen LogP contribution in [0.4, 0.5) is 0 Å². The van der Waals surface area contributed by atoms with E-state index in [2.05, 4.69) is 41.9 Å². The molecule has 0 unspecified atom stereocenters. The highest BCUT2D eigenvalue weighted by molar-refractivity contribution is 7.98. The van der Waals surface area contributed by atoms with Crippen LogP contribution in [0.1, 0.15) is 48.8 Å². The second-order valence-corrected chi connectivity index (χ2v) is 16.4. The first kappa shape index (κ1) is 51.8. The molecule has 66 heavy (non-hydrogen) atoms. The Bertz CT molecular complexity index is 2300. The summed E-state index contributed by atoms with van der Waals surface area (Å²) < 4.78 is 0. The molecule has 4 rings (SSSR count). The van der Waals surface area contributed by atoms with Crippen molar-refractivity contribution in [3.05, 3.63) is 108 Å². The second-order valence-electron chi connectivity index (χ2n) is 15.0. The quantitative estimate of drug-likeness (QED) is 0.0234. The molecule has 7 amide bonds. The number of thioether (sulfide) groups is 1. The lowest BCUT2D eigenvalue weighted by molar-refractivity contribution is -0.141. The van der Waals surface area contributed by atoms with Crippen molar-refractivity contribution in [1.82, 2.24) is 36.6 Å². The molecule has 0 fully saturated rings. The van der Waals surface area contributed by atoms with E-state index in [0.717, 1.165) is 21.5 Å². The maximum atomic E-state index is 14.1. The average Bonchev–Trinajstić information content (AvgIpc) is 3.71. The van der Waals surface area contributed by atoms with E-state index in [9.17, 15) is 43.5 Å². The number of nitrogens with two attached hydrogens (primary N) is 1. The SMILES string of the molecule is CSCC[C@H](NC(=O)[C@H](Cc1c[nH]c2ccccc12)NC(=O)CCNC(=O)CCC(=O)N(Cc1ccccc1)N=NCCCl)C(=O)N[C@@H](CC(=O)O)C(=O)N[C@@H](Cc1ccccc1)C(N)=O. The van der Waals surface area contributed by atoms with Crippen LogP contribution in [-0.2, 0) is 57.7 Å². The summed E-state index contributed by atoms with van der Waals surface area (Å²) in [5.74, 6) is -5.87. The number of aromatic amines is 1. The predicted molar refractivity (Wildman–Crippen MR) is 249 cm³/mol. The first-order chi connectivity index (χ1) is 31.8. The van der Waals surface area contributed by atoms with Gasteiger partial charge in [0.05, 0.1) is 19.5 Å². The number of benzene rings is 3. The Hall–Kier alpha value is -6.80. The number of alkyl halides is 1. The minimum absolute atomic E-state index is 0.0114. The summed E-state index contributed by atoms with van der Waals surface area (Å²) in [6.07, 6.45) is 2.04. The van der Waals surface area contributed by atoms with Crippen molar-refractivity contribution in [2.45, 2.75) is 75.7 Å². The summed E-state index contributed by atoms with van der Waals surface area (Å²) in [5, 5.41) is 32.4. The number of halogens is 1. The fourth-order valence-corrected chi connectivity index (χ4v) is 7.16. The summed E-state index contributed by atoms with van der Waals surface area (Å²) in [5.41, 5.74) is 8.50. The third-order valence-electron chi connectivity index (χ3n) is 10.0. The van der Waals surface area contributed by atoms with Gasteiger partial charge in [-0.1, -0.05) is 84.1 Å². The van der Waals surface area contributed by atoms with E-state index < -0.39 is 77.9 Å². The lowest BCUT2D eigenvalue weighted by Gasteiger charge is -2.26. The number of primary amides is 1. The number of carboxylic acids is 1. The van der Waals surface area contributed by atoms with Crippen molar-refractivity contribution < 1.29 is 43.5 Å². The number of hydrogen-bond acceptors (Lipinski definition) is 11. The van der Waals surface area contributed by atoms with E-state index in [1.54, 1.807) is 42.8 Å². The van der Waals surface area contributed by atoms with Crippen LogP contribution in [0, 0.1) is 0 Å². The van der Waals surface area contributed by atoms with Gasteiger partial charge in [-0.05, 0) is 41.2 Å². The molecule has 0 aliphatic carbocycles. The van der Waals surface area contributed by atoms with E-state index in [1.165, 1.54) is 11.8 Å². The van der Waals surface area contributed by atoms with Crippen LogP contribution < -0.4 is 32.3 Å². The zero-order chi connectivity index (χ0) is 47.8. The van der Waals surface area contributed by atoms with Crippen molar-refractivity contribution in [3.63, 3.8) is 0 Å². The normalized spacial score (nSPS) is 12.9. The van der Waals surface area contributed by atoms with Crippen LogP contribution in [0.3, 0.4) is 0 Å². The summed E-state index contributed by atoms with van der Waals surface area (Å²) in [6.45, 7) is 0.213. The minimum Gasteiger partial charge on any atom is -0.481 e. The van der Waals surface area contributed by atoms with Gasteiger partial charge >= 0.3 is 5.97 Å². The second kappa shape index (κ2) is 27.5. The van der Waals surface area contributed by atoms with E-state index in [0.29, 0.717) is 16.9 Å². The number of carbonyl (C=O) groups is 8. The molecule has 4 aromatic rings. The molecule has 0 radical (unpaired) electrons. The van der Waals surface area contributed by atoms with Crippen molar-refractivity contribution in [3.8, 4) is 0 Å². The highest BCUT2D eigenvalue weighted by Crippen LogP contribution is 2.20. The molecule has 9 N–H and O–H groups in total. The number of carbonyl (C=O) groups excluding carboxylic acids is 7. The molecule has 1 heterocycles. The first-order valence-electron chi connectivity index (χ1n) is 21.1. The average molecular weight is 948 g/mol. The Morgan fingerprint density at radius 1 is 0.742 bits per heavy atom. The Balaban J connectivity index is 1.42. The van der Waals surface area contributed by atoms with Crippen LogP contribution in [0.25, 0.3) is 10.9 Å². The number of amides is 7. The summed E-state index contributed by atoms with van der Waals surface area (Å²) in [7, 11) is 0. The number of fused-ring (bicyclic) bond motifs is 1. The molecular weight excluding hydrogens is 892 g/mol. The molecule has 0 saturated carbocycles. The van der Waals surface area contributed by atoms with Gasteiger partial charge in [0.25, 0.3) is 0 Å². The molecule has 0 spiro atoms. The number of rotatable bonds is 28. The third-order valence-corrected chi connectivity index (χ3v) is 10.8. The van der Waals surface area contributed by atoms with E-state index >= 15 is 0 Å². The van der Waals surface area contributed by atoms with Gasteiger partial charge in [-0.25, -0.2) is 5.01 Å². The molecule has 21 heteroatoms. The molecule has 19 nitrogen and oxygen atoms in total. The van der Waals surface area contributed by atoms with Crippen LogP contribution in [0.5, 0.6) is 0 Å². The van der Waals surface area contributed by atoms with E-state index in [1.807, 2.05) is 54.6 Å². The van der Waals surface area contributed by atoms with Crippen LogP contribution in [-0.4, -0.2) is 118 Å². The standard InChI is InChI=1S/C45H55ClN10O9S/c1-66-23-19-34(43(63)54-37(26-41(60)61)45(65)53-35(42(47)62)24-29-10-4-2-5-11-29)52-44(64)36(25-31-27-49-33-15-9-8-14-32(31)33)51-39(58)18-21-48-38(57)16-17-40(59)56(55-50-22-20-46)28-30-12-6-3-7-13-30/h2-15,27,34-37,49H,16-26,28H2,1H3,(H2,47,62)(H,48,57)(H,51,58)(H,52,64)(H,53,65)(H,54,63)(H,60,61)/t34-,35-,36-,37-/m0/s1. The number of H-pyrrole nitrogens is 1. The predicted octanol–water partition coefficient (Wildman–Crippen LogP) is 2.53. The molecule has 4 atom stereocenters. The number of carboxylic acid groups (broad SMARTS) is 1. The highest BCUT2D eigenvalue weighted by atomic mass is 35.5. The van der Waals surface area contributed by atoms with Gasteiger partial charge in [-0.3, -0.25) is 38.4 Å². The largest absolute Gasteiger partial charge is 0.481 e. The smallest absolute Gasteiger partial charge is 0.305 e. The molecule has 0 aliphatic rings. The number of para-hydroxylation sites is 1. The zero-order valence-corrected chi connectivity index (χ0v) is 37.9. The highest BCUT2D eigenvalue weighted by Gasteiger charge is 2.32. The van der Waals surface area contributed by atoms with E-state index in [4.69, 9.17) is 17.3 Å². The number of nitrogens with one attached hydrogen (secondary N) is 6. The molecule has 352 valence electrons. The Labute approximate surface area is 390 Å². The topological polar surface area (TPSA) is 287 Å². The van der Waals surface area contributed by atoms with Gasteiger partial charge in [0.1, 0.15) is 24.2 Å². The third kappa shape index (κ3) is 17.6. The molecule has 0 aliphatic heterocycles. The van der Waals surface area contributed by atoms with Crippen molar-refractivity contribution in [1.29, 1.82) is 0 Å². The molecule has 0 saturated heterocycles. The van der Waals surface area contributed by atoms with Crippen molar-refractivity contribution >= 4 is 81.6 Å². The van der Waals surface area contributed by atoms with Gasteiger partial charge in [-0.2, -0.15) is 16.9 Å². The Morgan fingerprint density at radius 3 is 2.03 bits per heavy atom. The first-order valence-corrected chi connectivity index (χ1v) is 23.0. The lowest BCUT2D eigenvalue weighted by Crippen LogP contribution is -2.59. The summed E-state index contributed by atoms with van der Waals surface area (Å²) in [4.78, 5) is 108. The number of aromatic nitrogens is 1.